The summed E-state index contributed by atoms with van der Waals surface area (Å²) in [4.78, 5) is 12.1. The summed E-state index contributed by atoms with van der Waals surface area (Å²) in [7, 11) is 0. The van der Waals surface area contributed by atoms with Gasteiger partial charge in [0.05, 0.1) is 0 Å². The number of ether oxygens (including phenoxy) is 1. The van der Waals surface area contributed by atoms with Gasteiger partial charge in [-0.15, -0.1) is 0 Å². The van der Waals surface area contributed by atoms with Crippen molar-refractivity contribution in [3.63, 3.8) is 0 Å². The summed E-state index contributed by atoms with van der Waals surface area (Å²) < 4.78 is 5.52. The van der Waals surface area contributed by atoms with Gasteiger partial charge < -0.3 is 15.8 Å². The van der Waals surface area contributed by atoms with E-state index in [4.69, 9.17) is 22.1 Å². The molecule has 122 valence electrons. The van der Waals surface area contributed by atoms with E-state index in [1.54, 1.807) is 12.1 Å². The van der Waals surface area contributed by atoms with E-state index < -0.39 is 0 Å². The fraction of sp³-hybridized carbons (Fsp3) is 0.278. The Morgan fingerprint density at radius 2 is 1.96 bits per heavy atom. The normalized spacial score (nSPS) is 10.4. The maximum atomic E-state index is 12.1. The topological polar surface area (TPSA) is 64.3 Å². The Bertz CT molecular complexity index is 729. The lowest BCUT2D eigenvalue weighted by atomic mass is 10.0. The van der Waals surface area contributed by atoms with Gasteiger partial charge in [-0.05, 0) is 67.3 Å². The van der Waals surface area contributed by atoms with Crippen LogP contribution in [0.3, 0.4) is 0 Å². The molecule has 0 saturated carbocycles. The molecule has 0 aliphatic heterocycles. The van der Waals surface area contributed by atoms with Crippen LogP contribution in [0, 0.1) is 13.8 Å². The number of nitrogens with one attached hydrogen (secondary N) is 1. The molecule has 0 spiro atoms. The molecule has 0 saturated heterocycles. The van der Waals surface area contributed by atoms with Crippen molar-refractivity contribution in [3.05, 3.63) is 52.0 Å². The summed E-state index contributed by atoms with van der Waals surface area (Å²) in [6.45, 7) is 5.78. The smallest absolute Gasteiger partial charge is 0.262 e. The van der Waals surface area contributed by atoms with E-state index in [9.17, 15) is 4.79 Å². The van der Waals surface area contributed by atoms with E-state index >= 15 is 0 Å². The van der Waals surface area contributed by atoms with Gasteiger partial charge in [-0.1, -0.05) is 18.5 Å². The average Bonchev–Trinajstić information content (AvgIpc) is 2.50. The quantitative estimate of drug-likeness (QED) is 0.809. The molecule has 0 aliphatic rings. The summed E-state index contributed by atoms with van der Waals surface area (Å²) in [5.41, 5.74) is 10.2. The minimum Gasteiger partial charge on any atom is -0.484 e. The predicted molar refractivity (Wildman–Crippen MR) is 95.3 cm³/mol. The molecule has 0 fully saturated rings. The first kappa shape index (κ1) is 17.2. The Morgan fingerprint density at radius 1 is 1.22 bits per heavy atom. The number of halogens is 1. The SMILES string of the molecule is CCc1cc(N)cc(C)c1NC(=O)COc1ccc(Cl)c(C)c1. The van der Waals surface area contributed by atoms with Gasteiger partial charge in [0.1, 0.15) is 5.75 Å². The van der Waals surface area contributed by atoms with E-state index in [0.717, 1.165) is 28.8 Å². The summed E-state index contributed by atoms with van der Waals surface area (Å²) in [6.07, 6.45) is 0.790. The molecule has 3 N–H and O–H groups in total. The standard InChI is InChI=1S/C18H21ClN2O2/c1-4-13-9-14(20)7-12(3)18(13)21-17(22)10-23-15-5-6-16(19)11(2)8-15/h5-9H,4,10,20H2,1-3H3,(H,21,22). The molecule has 2 rings (SSSR count). The zero-order valence-electron chi connectivity index (χ0n) is 13.6. The van der Waals surface area contributed by atoms with E-state index in [0.29, 0.717) is 16.5 Å². The molecule has 2 aromatic rings. The molecule has 0 bridgehead atoms. The average molecular weight is 333 g/mol. The van der Waals surface area contributed by atoms with Gasteiger partial charge in [-0.2, -0.15) is 0 Å². The lowest BCUT2D eigenvalue weighted by Gasteiger charge is -2.14. The van der Waals surface area contributed by atoms with Gasteiger partial charge in [0.25, 0.3) is 5.91 Å². The first-order valence-electron chi connectivity index (χ1n) is 7.48. The Labute approximate surface area is 141 Å². The molecule has 4 nitrogen and oxygen atoms in total. The molecule has 0 aromatic heterocycles. The van der Waals surface area contributed by atoms with Crippen LogP contribution < -0.4 is 15.8 Å². The Hall–Kier alpha value is -2.20. The van der Waals surface area contributed by atoms with Crippen molar-refractivity contribution in [1.82, 2.24) is 0 Å². The Kier molecular flexibility index (Phi) is 5.50. The third kappa shape index (κ3) is 4.39. The first-order chi connectivity index (χ1) is 10.9. The van der Waals surface area contributed by atoms with Crippen LogP contribution in [0.4, 0.5) is 11.4 Å². The summed E-state index contributed by atoms with van der Waals surface area (Å²) in [5.74, 6) is 0.409. The van der Waals surface area contributed by atoms with E-state index in [1.807, 2.05) is 39.0 Å². The maximum absolute atomic E-state index is 12.1. The van der Waals surface area contributed by atoms with Crippen LogP contribution in [0.15, 0.2) is 30.3 Å². The van der Waals surface area contributed by atoms with Crippen molar-refractivity contribution < 1.29 is 9.53 Å². The molecule has 0 heterocycles. The number of anilines is 2. The summed E-state index contributed by atoms with van der Waals surface area (Å²) in [5, 5.41) is 3.58. The maximum Gasteiger partial charge on any atom is 0.262 e. The fourth-order valence-corrected chi connectivity index (χ4v) is 2.50. The van der Waals surface area contributed by atoms with Crippen LogP contribution in [0.5, 0.6) is 5.75 Å². The van der Waals surface area contributed by atoms with Crippen LogP contribution in [0.2, 0.25) is 5.02 Å². The van der Waals surface area contributed by atoms with Crippen molar-refractivity contribution in [2.45, 2.75) is 27.2 Å². The highest BCUT2D eigenvalue weighted by Gasteiger charge is 2.11. The molecule has 2 aromatic carbocycles. The van der Waals surface area contributed by atoms with E-state index in [-0.39, 0.29) is 12.5 Å². The molecular formula is C18H21ClN2O2. The predicted octanol–water partition coefficient (Wildman–Crippen LogP) is 4.12. The molecule has 0 unspecified atom stereocenters. The Morgan fingerprint density at radius 3 is 2.61 bits per heavy atom. The number of nitrogens with two attached hydrogens (primary N) is 1. The lowest BCUT2D eigenvalue weighted by Crippen LogP contribution is -2.21. The molecule has 0 aliphatic carbocycles. The van der Waals surface area contributed by atoms with Gasteiger partial charge in [-0.3, -0.25) is 4.79 Å². The second-order valence-electron chi connectivity index (χ2n) is 5.47. The molecule has 23 heavy (non-hydrogen) atoms. The highest BCUT2D eigenvalue weighted by atomic mass is 35.5. The first-order valence-corrected chi connectivity index (χ1v) is 7.86. The van der Waals surface area contributed by atoms with E-state index in [2.05, 4.69) is 5.32 Å². The number of aryl methyl sites for hydroxylation is 3. The van der Waals surface area contributed by atoms with Crippen molar-refractivity contribution in [3.8, 4) is 5.75 Å². The van der Waals surface area contributed by atoms with Gasteiger partial charge >= 0.3 is 0 Å². The number of amides is 1. The largest absolute Gasteiger partial charge is 0.484 e. The summed E-state index contributed by atoms with van der Waals surface area (Å²) >= 11 is 5.97. The van der Waals surface area contributed by atoms with Gasteiger partial charge in [0.2, 0.25) is 0 Å². The molecule has 1 amide bonds. The summed E-state index contributed by atoms with van der Waals surface area (Å²) in [6, 6.07) is 9.03. The molecule has 5 heteroatoms. The van der Waals surface area contributed by atoms with Crippen molar-refractivity contribution in [2.75, 3.05) is 17.7 Å². The number of benzene rings is 2. The number of hydrogen-bond donors (Lipinski definition) is 2. The number of carbonyl (C=O) groups excluding carboxylic acids is 1. The number of carbonyl (C=O) groups is 1. The minimum absolute atomic E-state index is 0.0615. The van der Waals surface area contributed by atoms with Gasteiger partial charge in [0, 0.05) is 16.4 Å². The fourth-order valence-electron chi connectivity index (χ4n) is 2.38. The Balaban J connectivity index is 2.04. The number of hydrogen-bond acceptors (Lipinski definition) is 3. The van der Waals surface area contributed by atoms with Gasteiger partial charge in [0.15, 0.2) is 6.61 Å². The zero-order valence-corrected chi connectivity index (χ0v) is 14.3. The third-order valence-corrected chi connectivity index (χ3v) is 4.01. The van der Waals surface area contributed by atoms with Crippen LogP contribution in [0.25, 0.3) is 0 Å². The van der Waals surface area contributed by atoms with Crippen LogP contribution in [-0.4, -0.2) is 12.5 Å². The van der Waals surface area contributed by atoms with E-state index in [1.165, 1.54) is 0 Å². The van der Waals surface area contributed by atoms with Crippen molar-refractivity contribution >= 4 is 28.9 Å². The third-order valence-electron chi connectivity index (χ3n) is 3.58. The minimum atomic E-state index is -0.208. The highest BCUT2D eigenvalue weighted by molar-refractivity contribution is 6.31. The monoisotopic (exact) mass is 332 g/mol. The van der Waals surface area contributed by atoms with Crippen LogP contribution >= 0.6 is 11.6 Å². The van der Waals surface area contributed by atoms with Crippen LogP contribution in [0.1, 0.15) is 23.6 Å². The molecular weight excluding hydrogens is 312 g/mol. The second kappa shape index (κ2) is 7.38. The zero-order chi connectivity index (χ0) is 17.0. The lowest BCUT2D eigenvalue weighted by molar-refractivity contribution is -0.118. The van der Waals surface area contributed by atoms with Crippen molar-refractivity contribution in [2.24, 2.45) is 0 Å². The molecule has 0 atom stereocenters. The molecule has 0 radical (unpaired) electrons. The highest BCUT2D eigenvalue weighted by Crippen LogP contribution is 2.25. The van der Waals surface area contributed by atoms with Crippen molar-refractivity contribution in [1.29, 1.82) is 0 Å². The number of nitrogen functional groups attached to an aromatic ring is 1. The van der Waals surface area contributed by atoms with Gasteiger partial charge in [-0.25, -0.2) is 0 Å². The van der Waals surface area contributed by atoms with Crippen LogP contribution in [-0.2, 0) is 11.2 Å². The second-order valence-corrected chi connectivity index (χ2v) is 5.88. The number of rotatable bonds is 5.